The van der Waals surface area contributed by atoms with Gasteiger partial charge in [-0.1, -0.05) is 36.4 Å². The molecule has 3 amide bonds. The van der Waals surface area contributed by atoms with Crippen LogP contribution < -0.4 is 10.6 Å². The number of aromatic nitrogens is 1. The molecule has 1 saturated heterocycles. The van der Waals surface area contributed by atoms with Gasteiger partial charge in [-0.15, -0.1) is 0 Å². The minimum Gasteiger partial charge on any atom is -0.508 e. The van der Waals surface area contributed by atoms with Crippen molar-refractivity contribution in [2.75, 3.05) is 0 Å². The van der Waals surface area contributed by atoms with Crippen molar-refractivity contribution >= 4 is 22.7 Å². The van der Waals surface area contributed by atoms with E-state index in [9.17, 15) is 24.2 Å². The smallest absolute Gasteiger partial charge is 0.322 e. The second-order valence-electron chi connectivity index (χ2n) is 7.75. The summed E-state index contributed by atoms with van der Waals surface area (Å²) in [6.07, 6.45) is 1.60. The van der Waals surface area contributed by atoms with Gasteiger partial charge in [-0.05, 0) is 47.0 Å². The number of carbonyl (C=O) groups excluding carboxylic acids is 2. The SMILES string of the molecule is O=C1NC(=O)[C@](Cn2cc3ccc(F)cc3c2O)(c2ccc(-c3cccc(O)c3)cc2)N1. The van der Waals surface area contributed by atoms with Gasteiger partial charge in [-0.25, -0.2) is 9.18 Å². The van der Waals surface area contributed by atoms with Gasteiger partial charge in [0.2, 0.25) is 0 Å². The molecule has 0 bridgehead atoms. The summed E-state index contributed by atoms with van der Waals surface area (Å²) in [7, 11) is 0. The number of aromatic hydroxyl groups is 2. The number of halogens is 1. The summed E-state index contributed by atoms with van der Waals surface area (Å²) >= 11 is 0. The maximum Gasteiger partial charge on any atom is 0.322 e. The number of phenolic OH excluding ortho intramolecular Hbond substituents is 1. The maximum absolute atomic E-state index is 13.6. The number of hydrogen-bond donors (Lipinski definition) is 4. The summed E-state index contributed by atoms with van der Waals surface area (Å²) in [5, 5.41) is 26.2. The number of urea groups is 1. The minimum absolute atomic E-state index is 0.0990. The number of amides is 3. The highest BCUT2D eigenvalue weighted by Gasteiger charge is 2.48. The standard InChI is InChI=1S/C24H18FN3O4/c25-18-9-6-16-12-28(21(30)20(16)11-18)13-24(22(31)26-23(32)27-24)17-7-4-14(5-8-17)15-2-1-3-19(29)10-15/h1-12,29-30H,13H2,(H2,26,27,31,32)/t24-/m0/s1. The fourth-order valence-electron chi connectivity index (χ4n) is 4.12. The summed E-state index contributed by atoms with van der Waals surface area (Å²) in [6.45, 7) is -0.0990. The third kappa shape index (κ3) is 3.13. The van der Waals surface area contributed by atoms with Gasteiger partial charge < -0.3 is 20.1 Å². The third-order valence-corrected chi connectivity index (χ3v) is 5.73. The molecule has 0 aliphatic carbocycles. The summed E-state index contributed by atoms with van der Waals surface area (Å²) in [5.41, 5.74) is 0.643. The molecule has 1 aliphatic heterocycles. The fourth-order valence-corrected chi connectivity index (χ4v) is 4.12. The number of fused-ring (bicyclic) bond motifs is 1. The van der Waals surface area contributed by atoms with Gasteiger partial charge in [0.25, 0.3) is 5.91 Å². The minimum atomic E-state index is -1.47. The van der Waals surface area contributed by atoms with E-state index < -0.39 is 23.3 Å². The van der Waals surface area contributed by atoms with Crippen LogP contribution in [0.1, 0.15) is 5.56 Å². The van der Waals surface area contributed by atoms with Crippen LogP contribution in [0, 0.1) is 5.82 Å². The van der Waals surface area contributed by atoms with Crippen molar-refractivity contribution in [3.63, 3.8) is 0 Å². The Morgan fingerprint density at radius 3 is 2.41 bits per heavy atom. The normalized spacial score (nSPS) is 18.0. The Morgan fingerprint density at radius 2 is 1.72 bits per heavy atom. The molecule has 0 spiro atoms. The van der Waals surface area contributed by atoms with Crippen LogP contribution in [-0.4, -0.2) is 26.7 Å². The lowest BCUT2D eigenvalue weighted by Crippen LogP contribution is -2.47. The average molecular weight is 431 g/mol. The predicted octanol–water partition coefficient (Wildman–Crippen LogP) is 3.59. The van der Waals surface area contributed by atoms with E-state index in [1.54, 1.807) is 48.7 Å². The number of benzene rings is 3. The molecule has 0 saturated carbocycles. The lowest BCUT2D eigenvalue weighted by Gasteiger charge is -2.27. The number of rotatable bonds is 4. The Labute approximate surface area is 181 Å². The van der Waals surface area contributed by atoms with Gasteiger partial charge in [0, 0.05) is 17.0 Å². The molecule has 1 aromatic heterocycles. The summed E-state index contributed by atoms with van der Waals surface area (Å²) < 4.78 is 15.0. The van der Waals surface area contributed by atoms with E-state index in [4.69, 9.17) is 0 Å². The van der Waals surface area contributed by atoms with Crippen LogP contribution in [0.25, 0.3) is 21.9 Å². The zero-order valence-electron chi connectivity index (χ0n) is 16.7. The van der Waals surface area contributed by atoms with Crippen molar-refractivity contribution < 1.29 is 24.2 Å². The van der Waals surface area contributed by atoms with Crippen LogP contribution in [0.4, 0.5) is 9.18 Å². The first-order valence-electron chi connectivity index (χ1n) is 9.87. The van der Waals surface area contributed by atoms with Crippen LogP contribution in [0.15, 0.2) is 72.9 Å². The van der Waals surface area contributed by atoms with Gasteiger partial charge >= 0.3 is 6.03 Å². The first kappa shape index (κ1) is 19.6. The highest BCUT2D eigenvalue weighted by Crippen LogP contribution is 2.34. The Morgan fingerprint density at radius 1 is 0.938 bits per heavy atom. The highest BCUT2D eigenvalue weighted by atomic mass is 19.1. The number of nitrogens with one attached hydrogen (secondary N) is 2. The quantitative estimate of drug-likeness (QED) is 0.371. The molecule has 1 atom stereocenters. The monoisotopic (exact) mass is 431 g/mol. The van der Waals surface area contributed by atoms with E-state index in [-0.39, 0.29) is 18.2 Å². The average Bonchev–Trinajstić information content (AvgIpc) is 3.24. The fraction of sp³-hybridized carbons (Fsp3) is 0.0833. The van der Waals surface area contributed by atoms with Crippen molar-refractivity contribution in [2.24, 2.45) is 0 Å². The van der Waals surface area contributed by atoms with Gasteiger partial charge in [-0.2, -0.15) is 0 Å². The van der Waals surface area contributed by atoms with Gasteiger partial charge in [-0.3, -0.25) is 10.1 Å². The molecule has 4 aromatic rings. The predicted molar refractivity (Wildman–Crippen MR) is 115 cm³/mol. The molecule has 5 rings (SSSR count). The van der Waals surface area contributed by atoms with Crippen molar-refractivity contribution in [1.82, 2.24) is 15.2 Å². The van der Waals surface area contributed by atoms with Gasteiger partial charge in [0.1, 0.15) is 11.6 Å². The number of hydrogen-bond acceptors (Lipinski definition) is 4. The number of phenols is 1. The molecule has 1 aliphatic rings. The molecule has 0 radical (unpaired) electrons. The van der Waals surface area contributed by atoms with Crippen molar-refractivity contribution in [3.05, 3.63) is 84.3 Å². The Kier molecular flexibility index (Phi) is 4.37. The van der Waals surface area contributed by atoms with E-state index >= 15 is 0 Å². The first-order chi connectivity index (χ1) is 15.4. The Hall–Kier alpha value is -4.33. The second-order valence-corrected chi connectivity index (χ2v) is 7.75. The second kappa shape index (κ2) is 7.12. The number of nitrogens with zero attached hydrogens (tertiary/aromatic N) is 1. The van der Waals surface area contributed by atoms with Crippen LogP contribution >= 0.6 is 0 Å². The van der Waals surface area contributed by atoms with Crippen molar-refractivity contribution in [1.29, 1.82) is 0 Å². The summed E-state index contributed by atoms with van der Waals surface area (Å²) in [5.74, 6) is -1.12. The number of carbonyl (C=O) groups is 2. The molecule has 160 valence electrons. The summed E-state index contributed by atoms with van der Waals surface area (Å²) in [4.78, 5) is 25.0. The molecule has 8 heteroatoms. The Bertz CT molecular complexity index is 1380. The molecule has 0 unspecified atom stereocenters. The highest BCUT2D eigenvalue weighted by molar-refractivity contribution is 6.07. The molecule has 32 heavy (non-hydrogen) atoms. The van der Waals surface area contributed by atoms with E-state index in [0.29, 0.717) is 16.3 Å². The molecule has 7 nitrogen and oxygen atoms in total. The van der Waals surface area contributed by atoms with Gasteiger partial charge in [0.05, 0.1) is 6.54 Å². The zero-order chi connectivity index (χ0) is 22.5. The van der Waals surface area contributed by atoms with Crippen LogP contribution in [0.5, 0.6) is 11.6 Å². The van der Waals surface area contributed by atoms with E-state index in [2.05, 4.69) is 10.6 Å². The van der Waals surface area contributed by atoms with Crippen molar-refractivity contribution in [3.8, 4) is 22.8 Å². The summed E-state index contributed by atoms with van der Waals surface area (Å²) in [6, 6.07) is 17.1. The van der Waals surface area contributed by atoms with Crippen molar-refractivity contribution in [2.45, 2.75) is 12.1 Å². The molecule has 1 fully saturated rings. The van der Waals surface area contributed by atoms with Crippen LogP contribution in [-0.2, 0) is 16.9 Å². The lowest BCUT2D eigenvalue weighted by atomic mass is 9.88. The molecular weight excluding hydrogens is 413 g/mol. The first-order valence-corrected chi connectivity index (χ1v) is 9.87. The van der Waals surface area contributed by atoms with E-state index in [1.807, 2.05) is 6.07 Å². The lowest BCUT2D eigenvalue weighted by molar-refractivity contribution is -0.124. The molecule has 3 aromatic carbocycles. The largest absolute Gasteiger partial charge is 0.508 e. The zero-order valence-corrected chi connectivity index (χ0v) is 16.7. The molecule has 2 heterocycles. The van der Waals surface area contributed by atoms with Crippen LogP contribution in [0.3, 0.4) is 0 Å². The maximum atomic E-state index is 13.6. The number of imide groups is 1. The Balaban J connectivity index is 1.57. The van der Waals surface area contributed by atoms with E-state index in [1.165, 1.54) is 22.8 Å². The molecular formula is C24H18FN3O4. The van der Waals surface area contributed by atoms with Crippen LogP contribution in [0.2, 0.25) is 0 Å². The topological polar surface area (TPSA) is 104 Å². The third-order valence-electron chi connectivity index (χ3n) is 5.73. The van der Waals surface area contributed by atoms with E-state index in [0.717, 1.165) is 11.1 Å². The van der Waals surface area contributed by atoms with Gasteiger partial charge in [0.15, 0.2) is 11.4 Å². The molecule has 4 N–H and O–H groups in total.